The lowest BCUT2D eigenvalue weighted by Crippen LogP contribution is -2.43. The van der Waals surface area contributed by atoms with E-state index in [1.807, 2.05) is 30.3 Å². The summed E-state index contributed by atoms with van der Waals surface area (Å²) < 4.78 is 18.9. The summed E-state index contributed by atoms with van der Waals surface area (Å²) in [6.45, 7) is -0.275. The van der Waals surface area contributed by atoms with E-state index >= 15 is 0 Å². The van der Waals surface area contributed by atoms with E-state index < -0.39 is 35.6 Å². The van der Waals surface area contributed by atoms with Gasteiger partial charge in [-0.1, -0.05) is 23.4 Å². The number of hydrogen-bond donors (Lipinski definition) is 1. The summed E-state index contributed by atoms with van der Waals surface area (Å²) in [5, 5.41) is 11.7. The third-order valence-electron chi connectivity index (χ3n) is 5.37. The Morgan fingerprint density at radius 3 is 2.29 bits per heavy atom. The molecular formula is C24H18FN5O4. The molecule has 1 N–H and O–H groups in total. The third-order valence-corrected chi connectivity index (χ3v) is 5.37. The number of amides is 3. The molecule has 2 aliphatic heterocycles. The Morgan fingerprint density at radius 2 is 1.59 bits per heavy atom. The van der Waals surface area contributed by atoms with Crippen LogP contribution in [0.5, 0.6) is 11.5 Å². The van der Waals surface area contributed by atoms with Gasteiger partial charge in [0.05, 0.1) is 5.69 Å². The first-order chi connectivity index (χ1) is 16.5. The molecule has 1 saturated heterocycles. The number of hydrogen-bond acceptors (Lipinski definition) is 7. The lowest BCUT2D eigenvalue weighted by atomic mass is 10.1. The summed E-state index contributed by atoms with van der Waals surface area (Å²) in [7, 11) is 0. The van der Waals surface area contributed by atoms with E-state index in [0.717, 1.165) is 17.0 Å². The summed E-state index contributed by atoms with van der Waals surface area (Å²) in [4.78, 5) is 39.1. The fraction of sp³-hybridized carbons (Fsp3) is 0.125. The molecule has 2 heterocycles. The molecule has 0 saturated carbocycles. The zero-order valence-electron chi connectivity index (χ0n) is 17.7. The third kappa shape index (κ3) is 4.08. The Hall–Kier alpha value is -4.60. The molecule has 0 spiro atoms. The van der Waals surface area contributed by atoms with Gasteiger partial charge in [-0.2, -0.15) is 5.11 Å². The summed E-state index contributed by atoms with van der Waals surface area (Å²) in [6.07, 6.45) is 0. The van der Waals surface area contributed by atoms with E-state index in [4.69, 9.17) is 4.74 Å². The van der Waals surface area contributed by atoms with Crippen molar-refractivity contribution in [2.24, 2.45) is 10.3 Å². The van der Waals surface area contributed by atoms with Gasteiger partial charge in [0, 0.05) is 5.69 Å². The van der Waals surface area contributed by atoms with Gasteiger partial charge in [-0.15, -0.1) is 0 Å². The molecular weight excluding hydrogens is 441 g/mol. The summed E-state index contributed by atoms with van der Waals surface area (Å²) in [6, 6.07) is 19.0. The van der Waals surface area contributed by atoms with Gasteiger partial charge in [-0.3, -0.25) is 19.4 Å². The predicted octanol–water partition coefficient (Wildman–Crippen LogP) is 3.55. The number of nitrogens with zero attached hydrogens (tertiary/aromatic N) is 4. The maximum Gasteiger partial charge on any atom is 0.263 e. The van der Waals surface area contributed by atoms with Crippen molar-refractivity contribution in [2.45, 2.75) is 12.1 Å². The molecule has 0 unspecified atom stereocenters. The number of anilines is 2. The van der Waals surface area contributed by atoms with Crippen LogP contribution in [0, 0.1) is 5.82 Å². The van der Waals surface area contributed by atoms with Gasteiger partial charge in [-0.25, -0.2) is 9.29 Å². The van der Waals surface area contributed by atoms with Crippen molar-refractivity contribution < 1.29 is 23.5 Å². The molecule has 34 heavy (non-hydrogen) atoms. The maximum absolute atomic E-state index is 13.2. The second-order valence-electron chi connectivity index (χ2n) is 7.67. The fourth-order valence-corrected chi connectivity index (χ4v) is 3.78. The minimum Gasteiger partial charge on any atom is -0.457 e. The fourth-order valence-electron chi connectivity index (χ4n) is 3.78. The molecule has 1 fully saturated rings. The molecule has 2 atom stereocenters. The summed E-state index contributed by atoms with van der Waals surface area (Å²) in [5.41, 5.74) is 0.767. The van der Waals surface area contributed by atoms with Gasteiger partial charge in [0.2, 0.25) is 5.91 Å². The highest BCUT2D eigenvalue weighted by atomic mass is 19.1. The van der Waals surface area contributed by atoms with Gasteiger partial charge in [-0.05, 0) is 60.7 Å². The number of para-hydroxylation sites is 1. The number of carbonyl (C=O) groups excluding carboxylic acids is 3. The number of fused-ring (bicyclic) bond motifs is 1. The number of halogens is 1. The van der Waals surface area contributed by atoms with Crippen molar-refractivity contribution in [3.05, 3.63) is 84.7 Å². The van der Waals surface area contributed by atoms with Crippen LogP contribution in [-0.2, 0) is 14.4 Å². The molecule has 3 aromatic rings. The van der Waals surface area contributed by atoms with Crippen molar-refractivity contribution in [2.75, 3.05) is 16.8 Å². The van der Waals surface area contributed by atoms with Gasteiger partial charge in [0.25, 0.3) is 11.8 Å². The van der Waals surface area contributed by atoms with Crippen LogP contribution in [0.3, 0.4) is 0 Å². The van der Waals surface area contributed by atoms with Crippen LogP contribution in [0.15, 0.2) is 89.2 Å². The maximum atomic E-state index is 13.2. The minimum atomic E-state index is -1.04. The summed E-state index contributed by atoms with van der Waals surface area (Å²) in [5.74, 6) is -0.753. The van der Waals surface area contributed by atoms with Gasteiger partial charge in [0.15, 0.2) is 12.1 Å². The standard InChI is InChI=1S/C24H18FN5O4/c25-15-6-10-17(11-7-15)30-23(32)21-22(24(30)33)29(28-27-21)14-20(31)26-16-8-12-19(13-9-16)34-18-4-2-1-3-5-18/h1-13,21-22H,14H2,(H,26,31)/t21-,22+/m1/s1. The second-order valence-corrected chi connectivity index (χ2v) is 7.67. The molecule has 3 amide bonds. The first kappa shape index (κ1) is 21.3. The van der Waals surface area contributed by atoms with Crippen molar-refractivity contribution in [3.8, 4) is 11.5 Å². The van der Waals surface area contributed by atoms with Gasteiger partial charge in [0.1, 0.15) is 23.9 Å². The van der Waals surface area contributed by atoms with E-state index in [9.17, 15) is 18.8 Å². The highest BCUT2D eigenvalue weighted by Crippen LogP contribution is 2.32. The van der Waals surface area contributed by atoms with Crippen LogP contribution >= 0.6 is 0 Å². The number of ether oxygens (including phenoxy) is 1. The zero-order valence-corrected chi connectivity index (χ0v) is 17.7. The number of rotatable bonds is 6. The van der Waals surface area contributed by atoms with Crippen LogP contribution in [-0.4, -0.2) is 41.4 Å². The molecule has 10 heteroatoms. The zero-order chi connectivity index (χ0) is 23.7. The lowest BCUT2D eigenvalue weighted by molar-refractivity contribution is -0.123. The monoisotopic (exact) mass is 459 g/mol. The normalized spacial score (nSPS) is 18.9. The number of imide groups is 1. The Balaban J connectivity index is 1.22. The van der Waals surface area contributed by atoms with Crippen LogP contribution in [0.4, 0.5) is 15.8 Å². The molecule has 0 radical (unpaired) electrons. The Morgan fingerprint density at radius 1 is 0.912 bits per heavy atom. The average molecular weight is 459 g/mol. The highest BCUT2D eigenvalue weighted by molar-refractivity contribution is 6.25. The van der Waals surface area contributed by atoms with Crippen LogP contribution < -0.4 is 15.0 Å². The Labute approximate surface area is 193 Å². The lowest BCUT2D eigenvalue weighted by Gasteiger charge is -2.20. The van der Waals surface area contributed by atoms with Crippen LogP contribution in [0.2, 0.25) is 0 Å². The number of benzene rings is 3. The van der Waals surface area contributed by atoms with Crippen molar-refractivity contribution in [3.63, 3.8) is 0 Å². The smallest absolute Gasteiger partial charge is 0.263 e. The number of carbonyl (C=O) groups is 3. The predicted molar refractivity (Wildman–Crippen MR) is 120 cm³/mol. The molecule has 3 aromatic carbocycles. The quantitative estimate of drug-likeness (QED) is 0.568. The van der Waals surface area contributed by atoms with Crippen LogP contribution in [0.1, 0.15) is 0 Å². The van der Waals surface area contributed by atoms with Crippen molar-refractivity contribution in [1.82, 2.24) is 5.01 Å². The summed E-state index contributed by atoms with van der Waals surface area (Å²) >= 11 is 0. The molecule has 2 aliphatic rings. The van der Waals surface area contributed by atoms with Gasteiger partial charge >= 0.3 is 0 Å². The molecule has 170 valence electrons. The van der Waals surface area contributed by atoms with Gasteiger partial charge < -0.3 is 10.1 Å². The highest BCUT2D eigenvalue weighted by Gasteiger charge is 2.55. The largest absolute Gasteiger partial charge is 0.457 e. The first-order valence-electron chi connectivity index (χ1n) is 10.4. The number of nitrogens with one attached hydrogen (secondary N) is 1. The SMILES string of the molecule is O=C(CN1N=N[C@H]2C(=O)N(c3ccc(F)cc3)C(=O)[C@H]21)Nc1ccc(Oc2ccccc2)cc1. The molecule has 5 rings (SSSR count). The average Bonchev–Trinajstić information content (AvgIpc) is 3.36. The minimum absolute atomic E-state index is 0.239. The van der Waals surface area contributed by atoms with Crippen molar-refractivity contribution in [1.29, 1.82) is 0 Å². The molecule has 0 aromatic heterocycles. The first-order valence-corrected chi connectivity index (χ1v) is 10.4. The second kappa shape index (κ2) is 8.74. The topological polar surface area (TPSA) is 104 Å². The van der Waals surface area contributed by atoms with Crippen molar-refractivity contribution >= 4 is 29.1 Å². The van der Waals surface area contributed by atoms with E-state index in [1.54, 1.807) is 24.3 Å². The van der Waals surface area contributed by atoms with Crippen LogP contribution in [0.25, 0.3) is 0 Å². The van der Waals surface area contributed by atoms with E-state index in [1.165, 1.54) is 17.1 Å². The van der Waals surface area contributed by atoms with E-state index in [-0.39, 0.29) is 12.2 Å². The molecule has 9 nitrogen and oxygen atoms in total. The van der Waals surface area contributed by atoms with E-state index in [0.29, 0.717) is 17.2 Å². The Bertz CT molecular complexity index is 1260. The molecule has 0 aliphatic carbocycles. The Kier molecular flexibility index (Phi) is 5.46. The van der Waals surface area contributed by atoms with E-state index in [2.05, 4.69) is 15.7 Å². The molecule has 0 bridgehead atoms.